The van der Waals surface area contributed by atoms with Crippen LogP contribution < -0.4 is 5.43 Å². The normalized spacial score (nSPS) is 9.94. The first-order valence-electron chi connectivity index (χ1n) is 5.24. The number of aromatic carboxylic acids is 1. The number of hydrogen-bond acceptors (Lipinski definition) is 3. The Morgan fingerprint density at radius 2 is 2.00 bits per heavy atom. The Hall–Kier alpha value is -2.07. The lowest BCUT2D eigenvalue weighted by molar-refractivity contribution is 0.0697. The van der Waals surface area contributed by atoms with E-state index in [2.05, 4.69) is 18.6 Å². The van der Waals surface area contributed by atoms with Crippen LogP contribution in [0, 0.1) is 0 Å². The predicted molar refractivity (Wildman–Crippen MR) is 69.0 cm³/mol. The Morgan fingerprint density at radius 1 is 1.35 bits per heavy atom. The maximum Gasteiger partial charge on any atom is 0.335 e. The van der Waals surface area contributed by atoms with Crippen molar-refractivity contribution in [3.63, 3.8) is 0 Å². The van der Waals surface area contributed by atoms with E-state index >= 15 is 0 Å². The number of carbonyl (C=O) groups is 1. The lowest BCUT2D eigenvalue weighted by atomic mass is 10.2. The smallest absolute Gasteiger partial charge is 0.335 e. The van der Waals surface area contributed by atoms with Gasteiger partial charge in [-0.25, -0.2) is 9.80 Å². The minimum absolute atomic E-state index is 0.257. The van der Waals surface area contributed by atoms with Gasteiger partial charge in [-0.15, -0.1) is 13.2 Å². The van der Waals surface area contributed by atoms with Crippen molar-refractivity contribution in [1.82, 2.24) is 5.01 Å². The van der Waals surface area contributed by atoms with Crippen LogP contribution in [0.2, 0.25) is 0 Å². The van der Waals surface area contributed by atoms with E-state index in [4.69, 9.17) is 5.11 Å². The zero-order valence-electron chi connectivity index (χ0n) is 9.60. The minimum Gasteiger partial charge on any atom is -0.478 e. The van der Waals surface area contributed by atoms with Crippen LogP contribution in [0.25, 0.3) is 0 Å². The van der Waals surface area contributed by atoms with Crippen molar-refractivity contribution in [1.29, 1.82) is 0 Å². The van der Waals surface area contributed by atoms with Crippen molar-refractivity contribution in [3.05, 3.63) is 55.1 Å². The summed E-state index contributed by atoms with van der Waals surface area (Å²) in [7, 11) is 0. The van der Waals surface area contributed by atoms with E-state index in [1.165, 1.54) is 0 Å². The van der Waals surface area contributed by atoms with E-state index in [-0.39, 0.29) is 5.56 Å². The van der Waals surface area contributed by atoms with Crippen molar-refractivity contribution in [2.75, 3.05) is 18.5 Å². The molecule has 0 aliphatic carbocycles. The molecule has 0 atom stereocenters. The van der Waals surface area contributed by atoms with Crippen LogP contribution in [0.4, 0.5) is 5.69 Å². The van der Waals surface area contributed by atoms with E-state index in [1.54, 1.807) is 30.4 Å². The van der Waals surface area contributed by atoms with Crippen LogP contribution in [-0.2, 0) is 0 Å². The molecule has 4 nitrogen and oxygen atoms in total. The summed E-state index contributed by atoms with van der Waals surface area (Å²) in [4.78, 5) is 10.8. The lowest BCUT2D eigenvalue weighted by Crippen LogP contribution is -2.30. The van der Waals surface area contributed by atoms with E-state index < -0.39 is 5.97 Å². The SMILES string of the molecule is C=CCN(CC=C)Nc1cccc(C(=O)O)c1. The number of nitrogens with zero attached hydrogens (tertiary/aromatic N) is 1. The molecule has 0 unspecified atom stereocenters. The monoisotopic (exact) mass is 232 g/mol. The first-order valence-corrected chi connectivity index (χ1v) is 5.24. The number of hydrazine groups is 1. The van der Waals surface area contributed by atoms with Crippen LogP contribution >= 0.6 is 0 Å². The molecule has 0 aromatic heterocycles. The van der Waals surface area contributed by atoms with Gasteiger partial charge in [0.2, 0.25) is 0 Å². The lowest BCUT2D eigenvalue weighted by Gasteiger charge is -2.21. The number of anilines is 1. The second kappa shape index (κ2) is 6.50. The Labute approximate surface area is 101 Å². The van der Waals surface area contributed by atoms with Gasteiger partial charge in [0.1, 0.15) is 0 Å². The van der Waals surface area contributed by atoms with Crippen molar-refractivity contribution >= 4 is 11.7 Å². The number of carboxylic acids is 1. The van der Waals surface area contributed by atoms with Gasteiger partial charge in [-0.05, 0) is 18.2 Å². The summed E-state index contributed by atoms with van der Waals surface area (Å²) < 4.78 is 0. The van der Waals surface area contributed by atoms with Crippen LogP contribution in [-0.4, -0.2) is 29.2 Å². The zero-order chi connectivity index (χ0) is 12.7. The molecule has 17 heavy (non-hydrogen) atoms. The van der Waals surface area contributed by atoms with Gasteiger partial charge in [0.25, 0.3) is 0 Å². The third kappa shape index (κ3) is 4.12. The maximum absolute atomic E-state index is 10.8. The summed E-state index contributed by atoms with van der Waals surface area (Å²) in [6, 6.07) is 6.65. The molecular formula is C13H16N2O2. The molecule has 1 aromatic rings. The zero-order valence-corrected chi connectivity index (χ0v) is 9.60. The summed E-state index contributed by atoms with van der Waals surface area (Å²) in [6.07, 6.45) is 3.52. The fraction of sp³-hybridized carbons (Fsp3) is 0.154. The van der Waals surface area contributed by atoms with Gasteiger partial charge < -0.3 is 10.5 Å². The number of rotatable bonds is 7. The Bertz CT molecular complexity index is 406. The number of nitrogens with one attached hydrogen (secondary N) is 1. The molecule has 90 valence electrons. The topological polar surface area (TPSA) is 52.6 Å². The predicted octanol–water partition coefficient (Wildman–Crippen LogP) is 2.39. The van der Waals surface area contributed by atoms with E-state index in [9.17, 15) is 4.79 Å². The molecule has 0 saturated heterocycles. The second-order valence-corrected chi connectivity index (χ2v) is 3.48. The van der Waals surface area contributed by atoms with Crippen LogP contribution in [0.15, 0.2) is 49.6 Å². The van der Waals surface area contributed by atoms with Gasteiger partial charge in [-0.1, -0.05) is 18.2 Å². The Kier molecular flexibility index (Phi) is 4.97. The number of hydrogen-bond donors (Lipinski definition) is 2. The molecular weight excluding hydrogens is 216 g/mol. The highest BCUT2D eigenvalue weighted by Crippen LogP contribution is 2.11. The summed E-state index contributed by atoms with van der Waals surface area (Å²) in [5.41, 5.74) is 4.09. The Balaban J connectivity index is 2.77. The number of benzene rings is 1. The van der Waals surface area contributed by atoms with Crippen molar-refractivity contribution in [2.24, 2.45) is 0 Å². The Morgan fingerprint density at radius 3 is 2.53 bits per heavy atom. The van der Waals surface area contributed by atoms with Crippen molar-refractivity contribution in [2.45, 2.75) is 0 Å². The van der Waals surface area contributed by atoms with E-state index in [1.807, 2.05) is 11.1 Å². The quantitative estimate of drug-likeness (QED) is 0.560. The molecule has 0 radical (unpaired) electrons. The summed E-state index contributed by atoms with van der Waals surface area (Å²) in [5.74, 6) is -0.937. The summed E-state index contributed by atoms with van der Waals surface area (Å²) in [5, 5.41) is 10.8. The molecule has 4 heteroatoms. The van der Waals surface area contributed by atoms with Crippen molar-refractivity contribution < 1.29 is 9.90 Å². The molecule has 0 aliphatic rings. The average Bonchev–Trinajstić information content (AvgIpc) is 2.30. The fourth-order valence-electron chi connectivity index (χ4n) is 1.38. The van der Waals surface area contributed by atoms with Crippen molar-refractivity contribution in [3.8, 4) is 0 Å². The van der Waals surface area contributed by atoms with Gasteiger partial charge in [0, 0.05) is 18.8 Å². The maximum atomic E-state index is 10.8. The standard InChI is InChI=1S/C13H16N2O2/c1-3-8-15(9-4-2)14-12-7-5-6-11(10-12)13(16)17/h3-7,10,14H,1-2,8-9H2,(H,16,17). The van der Waals surface area contributed by atoms with Gasteiger partial charge in [0.05, 0.1) is 5.56 Å². The third-order valence-corrected chi connectivity index (χ3v) is 2.10. The molecule has 0 bridgehead atoms. The molecule has 0 fully saturated rings. The van der Waals surface area contributed by atoms with Gasteiger partial charge in [0.15, 0.2) is 0 Å². The summed E-state index contributed by atoms with van der Waals surface area (Å²) in [6.45, 7) is 8.60. The van der Waals surface area contributed by atoms with Gasteiger partial charge >= 0.3 is 5.97 Å². The van der Waals surface area contributed by atoms with E-state index in [0.717, 1.165) is 5.69 Å². The highest BCUT2D eigenvalue weighted by molar-refractivity contribution is 5.88. The van der Waals surface area contributed by atoms with Gasteiger partial charge in [-0.2, -0.15) is 0 Å². The minimum atomic E-state index is -0.937. The molecule has 0 spiro atoms. The molecule has 0 saturated carbocycles. The summed E-state index contributed by atoms with van der Waals surface area (Å²) >= 11 is 0. The number of carboxylic acid groups (broad SMARTS) is 1. The highest BCUT2D eigenvalue weighted by atomic mass is 16.4. The van der Waals surface area contributed by atoms with Crippen LogP contribution in [0.3, 0.4) is 0 Å². The van der Waals surface area contributed by atoms with Crippen LogP contribution in [0.5, 0.6) is 0 Å². The van der Waals surface area contributed by atoms with Crippen LogP contribution in [0.1, 0.15) is 10.4 Å². The largest absolute Gasteiger partial charge is 0.478 e. The molecule has 2 N–H and O–H groups in total. The van der Waals surface area contributed by atoms with Gasteiger partial charge in [-0.3, -0.25) is 0 Å². The molecule has 1 rings (SSSR count). The molecule has 0 heterocycles. The fourth-order valence-corrected chi connectivity index (χ4v) is 1.38. The van der Waals surface area contributed by atoms with E-state index in [0.29, 0.717) is 13.1 Å². The second-order valence-electron chi connectivity index (χ2n) is 3.48. The third-order valence-electron chi connectivity index (χ3n) is 2.10. The first-order chi connectivity index (χ1) is 8.17. The molecule has 0 amide bonds. The highest BCUT2D eigenvalue weighted by Gasteiger charge is 2.05. The first kappa shape index (κ1) is 13.0. The molecule has 1 aromatic carbocycles. The molecule has 0 aliphatic heterocycles. The average molecular weight is 232 g/mol.